The van der Waals surface area contributed by atoms with Crippen LogP contribution in [0.3, 0.4) is 0 Å². The van der Waals surface area contributed by atoms with Crippen LogP contribution in [0.1, 0.15) is 47.1 Å². The molecule has 0 atom stereocenters. The summed E-state index contributed by atoms with van der Waals surface area (Å²) in [7, 11) is 4.11. The molecule has 1 aliphatic heterocycles. The van der Waals surface area contributed by atoms with Crippen LogP contribution in [-0.2, 0) is 46.2 Å². The van der Waals surface area contributed by atoms with Crippen LogP contribution >= 0.6 is 0 Å². The monoisotopic (exact) mass is 901 g/mol. The number of aromatic nitrogens is 10. The summed E-state index contributed by atoms with van der Waals surface area (Å²) in [5, 5.41) is 0. The zero-order valence-corrected chi connectivity index (χ0v) is 38.8. The zero-order chi connectivity index (χ0) is 46.8. The van der Waals surface area contributed by atoms with Gasteiger partial charge in [0.05, 0.1) is 72.6 Å². The molecule has 6 heterocycles. The molecule has 0 saturated carbocycles. The van der Waals surface area contributed by atoms with Crippen LogP contribution in [0, 0.1) is 0 Å². The van der Waals surface area contributed by atoms with E-state index in [1.54, 1.807) is 0 Å². The van der Waals surface area contributed by atoms with E-state index in [9.17, 15) is 0 Å². The minimum atomic E-state index is 0.830. The number of hydrogen-bond donors (Lipinski definition) is 0. The second-order valence-electron chi connectivity index (χ2n) is 17.0. The maximum atomic E-state index is 4.77. The van der Waals surface area contributed by atoms with Crippen molar-refractivity contribution in [3.8, 4) is 11.3 Å². The van der Waals surface area contributed by atoms with Crippen LogP contribution in [0.2, 0.25) is 0 Å². The van der Waals surface area contributed by atoms with Crippen LogP contribution in [-0.4, -0.2) is 54.7 Å². The van der Waals surface area contributed by atoms with Crippen LogP contribution in [0.15, 0.2) is 194 Å². The summed E-state index contributed by atoms with van der Waals surface area (Å²) in [4.78, 5) is 41.7. The molecule has 11 nitrogen and oxygen atoms in total. The molecule has 11 heteroatoms. The number of fused-ring (bicyclic) bond motifs is 4. The molecule has 0 bridgehead atoms. The molecule has 0 saturated heterocycles. The Morgan fingerprint density at radius 3 is 1.39 bits per heavy atom. The van der Waals surface area contributed by atoms with Crippen molar-refractivity contribution in [1.29, 1.82) is 0 Å². The molecule has 0 aliphatic carbocycles. The van der Waals surface area contributed by atoms with Gasteiger partial charge in [0, 0.05) is 69.4 Å². The van der Waals surface area contributed by atoms with Crippen molar-refractivity contribution in [2.75, 3.05) is 0 Å². The molecule has 11 aromatic rings. The highest BCUT2D eigenvalue weighted by Gasteiger charge is 2.13. The third kappa shape index (κ3) is 10.8. The van der Waals surface area contributed by atoms with Crippen LogP contribution < -0.4 is 0 Å². The molecular formula is C58H51N11. The summed E-state index contributed by atoms with van der Waals surface area (Å²) in [6, 6.07) is 52.7. The first kappa shape index (κ1) is 44.3. The third-order valence-electron chi connectivity index (χ3n) is 12.2. The maximum Gasteiger partial charge on any atom is 0.109 e. The SMILES string of the molecule is C1=C(c2ccccc2)N=C(CCc2cnc3ccccc3n2)C1.Cn1c(CCc2cnc3ccccc3n2)nc2ccccc21.Cn1cc(-c2ccccc2)nc1CCc1cnc2ccccc2n1. The van der Waals surface area contributed by atoms with Gasteiger partial charge in [0.2, 0.25) is 0 Å². The average molecular weight is 902 g/mol. The van der Waals surface area contributed by atoms with Gasteiger partial charge in [-0.3, -0.25) is 19.9 Å². The average Bonchev–Trinajstić information content (AvgIpc) is 4.14. The van der Waals surface area contributed by atoms with Crippen LogP contribution in [0.25, 0.3) is 61.1 Å². The first-order valence-electron chi connectivity index (χ1n) is 23.4. The van der Waals surface area contributed by atoms with E-state index in [2.05, 4.69) is 94.8 Å². The van der Waals surface area contributed by atoms with Gasteiger partial charge in [0.25, 0.3) is 0 Å². The fourth-order valence-electron chi connectivity index (χ4n) is 8.43. The second kappa shape index (κ2) is 20.9. The molecule has 0 N–H and O–H groups in total. The largest absolute Gasteiger partial charge is 0.337 e. The fourth-order valence-corrected chi connectivity index (χ4v) is 8.43. The highest BCUT2D eigenvalue weighted by atomic mass is 15.1. The predicted molar refractivity (Wildman–Crippen MR) is 278 cm³/mol. The summed E-state index contributed by atoms with van der Waals surface area (Å²) in [5.41, 5.74) is 16.6. The van der Waals surface area contributed by atoms with Crippen molar-refractivity contribution in [2.24, 2.45) is 19.1 Å². The molecule has 0 spiro atoms. The number of imidazole rings is 2. The standard InChI is InChI=1S/C20H18N4.C20H17N3.C18H16N4/c1-24-14-19(15-7-3-2-4-8-15)23-20(24)12-11-16-13-21-17-9-5-6-10-18(17)22-16;1-2-6-15(7-3-1)18-13-12-16(22-18)10-11-17-14-21-19-8-4-5-9-20(19)23-17;1-22-17-9-5-4-8-16(17)21-18(22)11-10-13-12-19-14-6-2-3-7-15(14)20-13/h2-10,13-14H,11-12H2,1H3;1-9,13-14H,10-12H2;2-9,12H,10-11H2,1H3. The molecule has 0 unspecified atom stereocenters. The van der Waals surface area contributed by atoms with E-state index in [1.807, 2.05) is 147 Å². The first-order chi connectivity index (χ1) is 34.0. The highest BCUT2D eigenvalue weighted by Crippen LogP contribution is 2.24. The van der Waals surface area contributed by atoms with Gasteiger partial charge in [0.1, 0.15) is 11.6 Å². The Hall–Kier alpha value is -8.57. The normalized spacial score (nSPS) is 12.1. The Balaban J connectivity index is 0.000000120. The maximum absolute atomic E-state index is 4.77. The zero-order valence-electron chi connectivity index (χ0n) is 38.8. The second-order valence-corrected chi connectivity index (χ2v) is 17.0. The smallest absolute Gasteiger partial charge is 0.109 e. The van der Waals surface area contributed by atoms with Crippen molar-refractivity contribution in [2.45, 2.75) is 44.9 Å². The van der Waals surface area contributed by atoms with E-state index in [1.165, 1.54) is 16.8 Å². The molecule has 6 aromatic carbocycles. The molecule has 69 heavy (non-hydrogen) atoms. The lowest BCUT2D eigenvalue weighted by Crippen LogP contribution is -2.02. The lowest BCUT2D eigenvalue weighted by atomic mass is 10.1. The van der Waals surface area contributed by atoms with Gasteiger partial charge in [-0.2, -0.15) is 0 Å². The van der Waals surface area contributed by atoms with E-state index in [4.69, 9.17) is 15.0 Å². The predicted octanol–water partition coefficient (Wildman–Crippen LogP) is 11.6. The molecule has 5 aromatic heterocycles. The Kier molecular flexibility index (Phi) is 13.4. The summed E-state index contributed by atoms with van der Waals surface area (Å²) >= 11 is 0. The van der Waals surface area contributed by atoms with E-state index in [0.717, 1.165) is 129 Å². The number of allylic oxidation sites excluding steroid dienone is 1. The lowest BCUT2D eigenvalue weighted by Gasteiger charge is -2.03. The van der Waals surface area contributed by atoms with Crippen LogP contribution in [0.4, 0.5) is 0 Å². The van der Waals surface area contributed by atoms with E-state index < -0.39 is 0 Å². The molecule has 338 valence electrons. The number of aliphatic imine (C=N–C) groups is 1. The Morgan fingerprint density at radius 2 is 0.855 bits per heavy atom. The molecular weight excluding hydrogens is 851 g/mol. The number of nitrogens with zero attached hydrogens (tertiary/aromatic N) is 11. The van der Waals surface area contributed by atoms with Gasteiger partial charge in [0.15, 0.2) is 0 Å². The summed E-state index contributed by atoms with van der Waals surface area (Å²) in [5.74, 6) is 2.14. The van der Waals surface area contributed by atoms with E-state index in [-0.39, 0.29) is 0 Å². The summed E-state index contributed by atoms with van der Waals surface area (Å²) in [6.45, 7) is 0. The quantitative estimate of drug-likeness (QED) is 0.126. The Morgan fingerprint density at radius 1 is 0.406 bits per heavy atom. The third-order valence-corrected chi connectivity index (χ3v) is 12.2. The van der Waals surface area contributed by atoms with Gasteiger partial charge < -0.3 is 9.13 Å². The highest BCUT2D eigenvalue weighted by molar-refractivity contribution is 5.96. The van der Waals surface area contributed by atoms with Crippen molar-refractivity contribution in [3.63, 3.8) is 0 Å². The van der Waals surface area contributed by atoms with Gasteiger partial charge in [-0.05, 0) is 79.8 Å². The number of aryl methyl sites for hydroxylation is 7. The van der Waals surface area contributed by atoms with Crippen molar-refractivity contribution < 1.29 is 0 Å². The molecule has 0 radical (unpaired) electrons. The van der Waals surface area contributed by atoms with Gasteiger partial charge in [-0.15, -0.1) is 0 Å². The molecule has 0 amide bonds. The van der Waals surface area contributed by atoms with Gasteiger partial charge in [-0.25, -0.2) is 24.9 Å². The van der Waals surface area contributed by atoms with Gasteiger partial charge >= 0.3 is 0 Å². The first-order valence-corrected chi connectivity index (χ1v) is 23.4. The molecule has 0 fully saturated rings. The number of rotatable bonds is 11. The number of hydrogen-bond acceptors (Lipinski definition) is 9. The minimum Gasteiger partial charge on any atom is -0.337 e. The van der Waals surface area contributed by atoms with Crippen LogP contribution in [0.5, 0.6) is 0 Å². The summed E-state index contributed by atoms with van der Waals surface area (Å²) < 4.78 is 4.25. The minimum absolute atomic E-state index is 0.830. The van der Waals surface area contributed by atoms with Crippen molar-refractivity contribution in [3.05, 3.63) is 223 Å². The topological polar surface area (TPSA) is 125 Å². The summed E-state index contributed by atoms with van der Waals surface area (Å²) in [6.07, 6.45) is 16.0. The fraction of sp³-hybridized carbons (Fsp3) is 0.155. The lowest BCUT2D eigenvalue weighted by molar-refractivity contribution is 0.762. The number of para-hydroxylation sites is 8. The number of benzene rings is 6. The van der Waals surface area contributed by atoms with Gasteiger partial charge in [-0.1, -0.05) is 115 Å². The molecule has 1 aliphatic rings. The van der Waals surface area contributed by atoms with E-state index >= 15 is 0 Å². The van der Waals surface area contributed by atoms with E-state index in [0.29, 0.717) is 0 Å². The Bertz CT molecular complexity index is 3580. The Labute approximate surface area is 401 Å². The van der Waals surface area contributed by atoms with Crippen molar-refractivity contribution >= 4 is 55.5 Å². The van der Waals surface area contributed by atoms with Crippen molar-refractivity contribution in [1.82, 2.24) is 49.0 Å². The molecule has 12 rings (SSSR count).